The van der Waals surface area contributed by atoms with Crippen LogP contribution in [0.2, 0.25) is 0 Å². The van der Waals surface area contributed by atoms with Gasteiger partial charge in [-0.3, -0.25) is 4.98 Å². The number of hydrogen-bond donors (Lipinski definition) is 1. The third-order valence-electron chi connectivity index (χ3n) is 2.34. The summed E-state index contributed by atoms with van der Waals surface area (Å²) < 4.78 is 5.47. The Labute approximate surface area is 104 Å². The second kappa shape index (κ2) is 5.27. The molecule has 0 aliphatic heterocycles. The van der Waals surface area contributed by atoms with Gasteiger partial charge in [0, 0.05) is 18.1 Å². The fourth-order valence-electron chi connectivity index (χ4n) is 1.45. The van der Waals surface area contributed by atoms with Crippen LogP contribution in [-0.2, 0) is 6.61 Å². The summed E-state index contributed by atoms with van der Waals surface area (Å²) >= 11 is 0. The van der Waals surface area contributed by atoms with E-state index < -0.39 is 5.97 Å². The van der Waals surface area contributed by atoms with E-state index in [1.54, 1.807) is 31.5 Å². The zero-order valence-electron chi connectivity index (χ0n) is 9.83. The largest absolute Gasteiger partial charge is 0.486 e. The Morgan fingerprint density at radius 2 is 2.00 bits per heavy atom. The molecule has 0 amide bonds. The summed E-state index contributed by atoms with van der Waals surface area (Å²) in [6.07, 6.45) is 3.31. The lowest BCUT2D eigenvalue weighted by atomic mass is 10.2. The number of carboxylic acids is 1. The average molecular weight is 244 g/mol. The molecule has 0 aromatic carbocycles. The first-order valence-electron chi connectivity index (χ1n) is 5.39. The van der Waals surface area contributed by atoms with Crippen LogP contribution < -0.4 is 4.74 Å². The van der Waals surface area contributed by atoms with Crippen molar-refractivity contribution < 1.29 is 14.6 Å². The molecule has 2 rings (SSSR count). The number of hydrogen-bond acceptors (Lipinski definition) is 4. The third kappa shape index (κ3) is 2.82. The molecule has 0 aliphatic rings. The summed E-state index contributed by atoms with van der Waals surface area (Å²) in [5.41, 5.74) is 1.50. The Morgan fingerprint density at radius 3 is 2.67 bits per heavy atom. The molecule has 92 valence electrons. The molecule has 5 heteroatoms. The Morgan fingerprint density at radius 1 is 1.28 bits per heavy atom. The first kappa shape index (κ1) is 12.0. The molecule has 0 spiro atoms. The smallest absolute Gasteiger partial charge is 0.358 e. The quantitative estimate of drug-likeness (QED) is 0.891. The summed E-state index contributed by atoms with van der Waals surface area (Å²) in [5, 5.41) is 9.03. The summed E-state index contributed by atoms with van der Waals surface area (Å²) in [7, 11) is 0. The third-order valence-corrected chi connectivity index (χ3v) is 2.34. The van der Waals surface area contributed by atoms with Crippen molar-refractivity contribution in [1.29, 1.82) is 0 Å². The number of ether oxygens (including phenoxy) is 1. The maximum Gasteiger partial charge on any atom is 0.358 e. The van der Waals surface area contributed by atoms with Gasteiger partial charge in [0.05, 0.1) is 0 Å². The molecule has 0 saturated heterocycles. The van der Waals surface area contributed by atoms with E-state index in [0.29, 0.717) is 5.69 Å². The molecule has 2 aromatic heterocycles. The highest BCUT2D eigenvalue weighted by Crippen LogP contribution is 2.18. The molecule has 5 nitrogen and oxygen atoms in total. The summed E-state index contributed by atoms with van der Waals surface area (Å²) in [6, 6.07) is 6.95. The molecular formula is C13H12N2O3. The van der Waals surface area contributed by atoms with Crippen molar-refractivity contribution in [1.82, 2.24) is 9.97 Å². The molecule has 1 N–H and O–H groups in total. The van der Waals surface area contributed by atoms with E-state index in [-0.39, 0.29) is 18.1 Å². The monoisotopic (exact) mass is 244 g/mol. The Hall–Kier alpha value is -2.43. The number of carboxylic acid groups (broad SMARTS) is 1. The van der Waals surface area contributed by atoms with Gasteiger partial charge in [-0.25, -0.2) is 9.78 Å². The van der Waals surface area contributed by atoms with E-state index in [1.807, 2.05) is 12.1 Å². The van der Waals surface area contributed by atoms with Crippen LogP contribution in [0.3, 0.4) is 0 Å². The van der Waals surface area contributed by atoms with Gasteiger partial charge < -0.3 is 9.84 Å². The minimum Gasteiger partial charge on any atom is -0.486 e. The van der Waals surface area contributed by atoms with E-state index in [4.69, 9.17) is 9.84 Å². The Balaban J connectivity index is 2.17. The van der Waals surface area contributed by atoms with Crippen LogP contribution in [0.4, 0.5) is 0 Å². The van der Waals surface area contributed by atoms with Crippen molar-refractivity contribution in [2.45, 2.75) is 13.5 Å². The van der Waals surface area contributed by atoms with Crippen molar-refractivity contribution in [3.63, 3.8) is 0 Å². The topological polar surface area (TPSA) is 72.3 Å². The molecule has 18 heavy (non-hydrogen) atoms. The van der Waals surface area contributed by atoms with Crippen LogP contribution in [0, 0.1) is 6.92 Å². The van der Waals surface area contributed by atoms with Crippen LogP contribution in [-0.4, -0.2) is 21.0 Å². The van der Waals surface area contributed by atoms with Crippen LogP contribution in [0.1, 0.15) is 21.7 Å². The number of rotatable bonds is 4. The summed E-state index contributed by atoms with van der Waals surface area (Å²) in [4.78, 5) is 18.9. The standard InChI is InChI=1S/C13H12N2O3/c1-9-2-3-11(12(15-9)13(16)17)18-8-10-4-6-14-7-5-10/h2-7H,8H2,1H3,(H,16,17). The molecule has 0 unspecified atom stereocenters. The van der Waals surface area contributed by atoms with Crippen LogP contribution in [0.25, 0.3) is 0 Å². The number of nitrogens with zero attached hydrogens (tertiary/aromatic N) is 2. The first-order valence-corrected chi connectivity index (χ1v) is 5.39. The SMILES string of the molecule is Cc1ccc(OCc2ccncc2)c(C(=O)O)n1. The van der Waals surface area contributed by atoms with Crippen molar-refractivity contribution in [2.75, 3.05) is 0 Å². The lowest BCUT2D eigenvalue weighted by Crippen LogP contribution is -2.06. The normalized spacial score (nSPS) is 10.1. The predicted octanol–water partition coefficient (Wildman–Crippen LogP) is 2.06. The highest BCUT2D eigenvalue weighted by atomic mass is 16.5. The molecule has 0 bridgehead atoms. The van der Waals surface area contributed by atoms with Crippen molar-refractivity contribution in [3.8, 4) is 5.75 Å². The fraction of sp³-hybridized carbons (Fsp3) is 0.154. The van der Waals surface area contributed by atoms with E-state index in [0.717, 1.165) is 5.56 Å². The van der Waals surface area contributed by atoms with Crippen molar-refractivity contribution in [3.05, 3.63) is 53.6 Å². The van der Waals surface area contributed by atoms with Gasteiger partial charge in [-0.15, -0.1) is 0 Å². The highest BCUT2D eigenvalue weighted by Gasteiger charge is 2.13. The molecule has 0 radical (unpaired) electrons. The van der Waals surface area contributed by atoms with Crippen LogP contribution in [0.5, 0.6) is 5.75 Å². The zero-order chi connectivity index (χ0) is 13.0. The van der Waals surface area contributed by atoms with E-state index in [1.165, 1.54) is 0 Å². The Kier molecular flexibility index (Phi) is 3.52. The van der Waals surface area contributed by atoms with Gasteiger partial charge in [0.25, 0.3) is 0 Å². The number of aromatic carboxylic acids is 1. The van der Waals surface area contributed by atoms with Crippen LogP contribution >= 0.6 is 0 Å². The van der Waals surface area contributed by atoms with Gasteiger partial charge in [-0.2, -0.15) is 0 Å². The fourth-order valence-corrected chi connectivity index (χ4v) is 1.45. The molecule has 0 fully saturated rings. The number of aryl methyl sites for hydroxylation is 1. The van der Waals surface area contributed by atoms with Gasteiger partial charge in [0.1, 0.15) is 6.61 Å². The van der Waals surface area contributed by atoms with Crippen molar-refractivity contribution >= 4 is 5.97 Å². The Bertz CT molecular complexity index is 555. The summed E-state index contributed by atoms with van der Waals surface area (Å²) in [5.74, 6) is -0.826. The van der Waals surface area contributed by atoms with Gasteiger partial charge in [0.15, 0.2) is 11.4 Å². The molecule has 2 aromatic rings. The molecule has 2 heterocycles. The van der Waals surface area contributed by atoms with E-state index in [2.05, 4.69) is 9.97 Å². The maximum absolute atomic E-state index is 11.0. The minimum absolute atomic E-state index is 0.0657. The molecule has 0 aliphatic carbocycles. The second-order valence-electron chi connectivity index (χ2n) is 3.75. The number of pyridine rings is 2. The highest BCUT2D eigenvalue weighted by molar-refractivity contribution is 5.88. The van der Waals surface area contributed by atoms with Gasteiger partial charge in [-0.1, -0.05) is 0 Å². The maximum atomic E-state index is 11.0. The second-order valence-corrected chi connectivity index (χ2v) is 3.75. The lowest BCUT2D eigenvalue weighted by Gasteiger charge is -2.08. The lowest BCUT2D eigenvalue weighted by molar-refractivity contribution is 0.0684. The molecule has 0 atom stereocenters. The number of carbonyl (C=O) groups is 1. The van der Waals surface area contributed by atoms with E-state index >= 15 is 0 Å². The zero-order valence-corrected chi connectivity index (χ0v) is 9.83. The average Bonchev–Trinajstić information content (AvgIpc) is 2.38. The number of aromatic nitrogens is 2. The minimum atomic E-state index is -1.09. The molecule has 0 saturated carbocycles. The predicted molar refractivity (Wildman–Crippen MR) is 64.5 cm³/mol. The van der Waals surface area contributed by atoms with Gasteiger partial charge >= 0.3 is 5.97 Å². The van der Waals surface area contributed by atoms with Crippen LogP contribution in [0.15, 0.2) is 36.7 Å². The van der Waals surface area contributed by atoms with Gasteiger partial charge in [0.2, 0.25) is 0 Å². The molecular weight excluding hydrogens is 232 g/mol. The van der Waals surface area contributed by atoms with Crippen molar-refractivity contribution in [2.24, 2.45) is 0 Å². The van der Waals surface area contributed by atoms with Gasteiger partial charge in [-0.05, 0) is 36.8 Å². The summed E-state index contributed by atoms with van der Waals surface area (Å²) in [6.45, 7) is 2.02. The first-order chi connectivity index (χ1) is 8.66. The van der Waals surface area contributed by atoms with E-state index in [9.17, 15) is 4.79 Å².